The molecule has 0 unspecified atom stereocenters. The summed E-state index contributed by atoms with van der Waals surface area (Å²) in [6, 6.07) is 0. The summed E-state index contributed by atoms with van der Waals surface area (Å²) >= 11 is 0. The van der Waals surface area contributed by atoms with Gasteiger partial charge in [-0.1, -0.05) is 6.08 Å². The highest BCUT2D eigenvalue weighted by Crippen LogP contribution is 2.36. The molecule has 4 N–H and O–H groups in total. The minimum absolute atomic E-state index is 0.0322. The SMILES string of the molecule is C=C[C@H]1[C@H](O[C@H]2O[C@@H](CO)[C@@H](O)[C@@H](O)[C@H]2O)OC=C(C(=O)OC)[C@H]1CC=O. The van der Waals surface area contributed by atoms with E-state index in [1.54, 1.807) is 0 Å². The average Bonchev–Trinajstić information content (AvgIpc) is 2.68. The summed E-state index contributed by atoms with van der Waals surface area (Å²) in [7, 11) is 1.20. The molecule has 0 aromatic carbocycles. The summed E-state index contributed by atoms with van der Waals surface area (Å²) < 4.78 is 21.0. The lowest BCUT2D eigenvalue weighted by molar-refractivity contribution is -0.339. The predicted octanol–water partition coefficient (Wildman–Crippen LogP) is -1.78. The maximum Gasteiger partial charge on any atom is 0.337 e. The minimum Gasteiger partial charge on any atom is -0.471 e. The van der Waals surface area contributed by atoms with Gasteiger partial charge in [0, 0.05) is 18.3 Å². The standard InChI is InChI=1S/C17H24O10/c1-3-8-9(4-5-18)10(15(23)24-2)7-25-16(8)27-17-14(22)13(21)12(20)11(6-19)26-17/h3,5,7-9,11-14,16-17,19-22H,1,4,6H2,2H3/t8-,9+,11+,12-,13-,14-,16+,17-/m1/s1. The molecule has 27 heavy (non-hydrogen) atoms. The third-order valence-electron chi connectivity index (χ3n) is 4.67. The molecular formula is C17H24O10. The number of aliphatic hydroxyl groups is 4. The first-order chi connectivity index (χ1) is 12.9. The summed E-state index contributed by atoms with van der Waals surface area (Å²) in [4.78, 5) is 23.0. The van der Waals surface area contributed by atoms with Crippen molar-refractivity contribution in [3.05, 3.63) is 24.5 Å². The van der Waals surface area contributed by atoms with E-state index >= 15 is 0 Å². The van der Waals surface area contributed by atoms with E-state index in [2.05, 4.69) is 11.3 Å². The van der Waals surface area contributed by atoms with Crippen LogP contribution in [0.25, 0.3) is 0 Å². The Hall–Kier alpha value is -1.82. The van der Waals surface area contributed by atoms with Gasteiger partial charge in [0.05, 0.1) is 25.6 Å². The number of esters is 1. The highest BCUT2D eigenvalue weighted by atomic mass is 16.8. The van der Waals surface area contributed by atoms with E-state index in [-0.39, 0.29) is 12.0 Å². The van der Waals surface area contributed by atoms with Gasteiger partial charge >= 0.3 is 5.97 Å². The van der Waals surface area contributed by atoms with E-state index in [0.29, 0.717) is 6.29 Å². The molecule has 1 fully saturated rings. The van der Waals surface area contributed by atoms with Crippen LogP contribution in [0.2, 0.25) is 0 Å². The van der Waals surface area contributed by atoms with E-state index in [1.807, 2.05) is 0 Å². The molecular weight excluding hydrogens is 364 g/mol. The number of ether oxygens (including phenoxy) is 4. The molecule has 1 saturated heterocycles. The van der Waals surface area contributed by atoms with Gasteiger partial charge in [-0.3, -0.25) is 0 Å². The molecule has 0 saturated carbocycles. The van der Waals surface area contributed by atoms with Crippen molar-refractivity contribution in [3.8, 4) is 0 Å². The van der Waals surface area contributed by atoms with Crippen molar-refractivity contribution in [2.24, 2.45) is 11.8 Å². The van der Waals surface area contributed by atoms with Gasteiger partial charge in [0.25, 0.3) is 0 Å². The first-order valence-electron chi connectivity index (χ1n) is 8.35. The number of methoxy groups -OCH3 is 1. The Morgan fingerprint density at radius 2 is 1.96 bits per heavy atom. The monoisotopic (exact) mass is 388 g/mol. The Balaban J connectivity index is 2.22. The molecule has 2 aliphatic rings. The zero-order valence-electron chi connectivity index (χ0n) is 14.7. The van der Waals surface area contributed by atoms with Crippen molar-refractivity contribution in [2.75, 3.05) is 13.7 Å². The number of aliphatic hydroxyl groups excluding tert-OH is 4. The fourth-order valence-corrected chi connectivity index (χ4v) is 3.13. The Kier molecular flexibility index (Phi) is 7.48. The summed E-state index contributed by atoms with van der Waals surface area (Å²) in [5.74, 6) is -1.99. The van der Waals surface area contributed by atoms with E-state index in [9.17, 15) is 30.0 Å². The molecule has 152 valence electrons. The summed E-state index contributed by atoms with van der Waals surface area (Å²) in [5, 5.41) is 39.0. The summed E-state index contributed by atoms with van der Waals surface area (Å²) in [5.41, 5.74) is 0.128. The molecule has 10 heteroatoms. The van der Waals surface area contributed by atoms with Crippen LogP contribution in [0, 0.1) is 11.8 Å². The van der Waals surface area contributed by atoms with Gasteiger partial charge in [-0.25, -0.2) is 4.79 Å². The maximum absolute atomic E-state index is 11.9. The zero-order valence-corrected chi connectivity index (χ0v) is 14.7. The van der Waals surface area contributed by atoms with Gasteiger partial charge in [-0.05, 0) is 0 Å². The van der Waals surface area contributed by atoms with Crippen molar-refractivity contribution in [3.63, 3.8) is 0 Å². The van der Waals surface area contributed by atoms with Crippen molar-refractivity contribution < 1.29 is 49.0 Å². The van der Waals surface area contributed by atoms with Crippen LogP contribution in [0.15, 0.2) is 24.5 Å². The quantitative estimate of drug-likeness (QED) is 0.224. The molecule has 0 aliphatic carbocycles. The fraction of sp³-hybridized carbons (Fsp3) is 0.647. The van der Waals surface area contributed by atoms with Crippen molar-refractivity contribution in [1.82, 2.24) is 0 Å². The normalized spacial score (nSPS) is 39.1. The Labute approximate surface area is 155 Å². The van der Waals surface area contributed by atoms with Crippen LogP contribution in [0.5, 0.6) is 0 Å². The van der Waals surface area contributed by atoms with Crippen LogP contribution in [-0.2, 0) is 28.5 Å². The van der Waals surface area contributed by atoms with E-state index in [4.69, 9.17) is 14.2 Å². The van der Waals surface area contributed by atoms with Gasteiger partial charge in [-0.2, -0.15) is 0 Å². The third-order valence-corrected chi connectivity index (χ3v) is 4.67. The van der Waals surface area contributed by atoms with Gasteiger partial charge in [0.15, 0.2) is 6.29 Å². The lowest BCUT2D eigenvalue weighted by Crippen LogP contribution is -2.60. The van der Waals surface area contributed by atoms with Gasteiger partial charge in [0.1, 0.15) is 30.7 Å². The largest absolute Gasteiger partial charge is 0.471 e. The van der Waals surface area contributed by atoms with Crippen LogP contribution < -0.4 is 0 Å². The lowest BCUT2D eigenvalue weighted by Gasteiger charge is -2.42. The van der Waals surface area contributed by atoms with E-state index < -0.39 is 61.4 Å². The van der Waals surface area contributed by atoms with E-state index in [1.165, 1.54) is 13.2 Å². The summed E-state index contributed by atoms with van der Waals surface area (Å²) in [6.45, 7) is 3.06. The van der Waals surface area contributed by atoms with Crippen molar-refractivity contribution in [2.45, 2.75) is 43.4 Å². The first kappa shape index (κ1) is 21.5. The van der Waals surface area contributed by atoms with Crippen molar-refractivity contribution >= 4 is 12.3 Å². The average molecular weight is 388 g/mol. The summed E-state index contributed by atoms with van der Waals surface area (Å²) in [6.07, 6.45) is -5.31. The van der Waals surface area contributed by atoms with Crippen LogP contribution in [0.1, 0.15) is 6.42 Å². The molecule has 0 bridgehead atoms. The topological polar surface area (TPSA) is 152 Å². The molecule has 0 aromatic heterocycles. The maximum atomic E-state index is 11.9. The smallest absolute Gasteiger partial charge is 0.337 e. The number of rotatable bonds is 7. The Bertz CT molecular complexity index is 574. The number of hydrogen-bond acceptors (Lipinski definition) is 10. The second-order valence-corrected chi connectivity index (χ2v) is 6.22. The fourth-order valence-electron chi connectivity index (χ4n) is 3.13. The van der Waals surface area contributed by atoms with Crippen LogP contribution in [-0.4, -0.2) is 83.4 Å². The molecule has 2 aliphatic heterocycles. The van der Waals surface area contributed by atoms with Gasteiger partial charge < -0.3 is 44.2 Å². The highest BCUT2D eigenvalue weighted by Gasteiger charge is 2.47. The molecule has 0 radical (unpaired) electrons. The van der Waals surface area contributed by atoms with Crippen molar-refractivity contribution in [1.29, 1.82) is 0 Å². The Morgan fingerprint density at radius 3 is 2.52 bits per heavy atom. The Morgan fingerprint density at radius 1 is 1.26 bits per heavy atom. The number of hydrogen-bond donors (Lipinski definition) is 4. The van der Waals surface area contributed by atoms with Crippen LogP contribution in [0.4, 0.5) is 0 Å². The zero-order chi connectivity index (χ0) is 20.1. The predicted molar refractivity (Wildman–Crippen MR) is 87.7 cm³/mol. The molecule has 2 heterocycles. The van der Waals surface area contributed by atoms with Crippen LogP contribution >= 0.6 is 0 Å². The molecule has 2 rings (SSSR count). The minimum atomic E-state index is -1.62. The lowest BCUT2D eigenvalue weighted by atomic mass is 9.82. The number of carbonyl (C=O) groups is 2. The number of aldehydes is 1. The van der Waals surface area contributed by atoms with Gasteiger partial charge in [0.2, 0.25) is 6.29 Å². The van der Waals surface area contributed by atoms with E-state index in [0.717, 1.165) is 6.26 Å². The third kappa shape index (κ3) is 4.37. The molecule has 10 nitrogen and oxygen atoms in total. The van der Waals surface area contributed by atoms with Crippen LogP contribution in [0.3, 0.4) is 0 Å². The molecule has 0 spiro atoms. The molecule has 0 amide bonds. The first-order valence-corrected chi connectivity index (χ1v) is 8.35. The number of carbonyl (C=O) groups excluding carboxylic acids is 2. The highest BCUT2D eigenvalue weighted by molar-refractivity contribution is 5.89. The second kappa shape index (κ2) is 9.40. The second-order valence-electron chi connectivity index (χ2n) is 6.22. The molecule has 8 atom stereocenters. The molecule has 0 aromatic rings. The van der Waals surface area contributed by atoms with Gasteiger partial charge in [-0.15, -0.1) is 6.58 Å².